The molecule has 0 aromatic carbocycles. The minimum absolute atomic E-state index is 0.0937. The number of carbonyl (C=O) groups excluding carboxylic acids is 1. The van der Waals surface area contributed by atoms with Crippen LogP contribution in [0.5, 0.6) is 0 Å². The van der Waals surface area contributed by atoms with Gasteiger partial charge in [0.2, 0.25) is 0 Å². The third-order valence-electron chi connectivity index (χ3n) is 2.09. The molecule has 0 radical (unpaired) electrons. The molecule has 0 saturated carbocycles. The van der Waals surface area contributed by atoms with Crippen LogP contribution in [0.1, 0.15) is 12.8 Å². The van der Waals surface area contributed by atoms with E-state index in [9.17, 15) is 9.90 Å². The molecule has 0 bridgehead atoms. The van der Waals surface area contributed by atoms with Crippen molar-refractivity contribution in [2.45, 2.75) is 18.9 Å². The van der Waals surface area contributed by atoms with Crippen LogP contribution in [0.15, 0.2) is 0 Å². The summed E-state index contributed by atoms with van der Waals surface area (Å²) < 4.78 is 4.54. The van der Waals surface area contributed by atoms with Gasteiger partial charge in [-0.2, -0.15) is 11.8 Å². The molecule has 1 saturated heterocycles. The van der Waals surface area contributed by atoms with Crippen LogP contribution in [-0.2, 0) is 9.53 Å². The van der Waals surface area contributed by atoms with Crippen LogP contribution >= 0.6 is 11.8 Å². The van der Waals surface area contributed by atoms with Crippen LogP contribution in [0.4, 0.5) is 0 Å². The molecule has 70 valence electrons. The monoisotopic (exact) mass is 190 g/mol. The molecule has 1 fully saturated rings. The minimum atomic E-state index is -0.314. The quantitative estimate of drug-likeness (QED) is 0.650. The smallest absolute Gasteiger partial charge is 0.305 e. The van der Waals surface area contributed by atoms with Gasteiger partial charge in [0, 0.05) is 5.92 Å². The first-order valence-corrected chi connectivity index (χ1v) is 5.22. The van der Waals surface area contributed by atoms with Crippen molar-refractivity contribution in [3.05, 3.63) is 0 Å². The number of rotatable bonds is 2. The predicted octanol–water partition coefficient (Wildman–Crippen LogP) is 0.663. The molecular formula is C8H14O3S. The summed E-state index contributed by atoms with van der Waals surface area (Å²) in [5, 5.41) is 9.49. The van der Waals surface area contributed by atoms with E-state index in [1.165, 1.54) is 7.11 Å². The predicted molar refractivity (Wildman–Crippen MR) is 48.1 cm³/mol. The second-order valence-electron chi connectivity index (χ2n) is 2.97. The fraction of sp³-hybridized carbons (Fsp3) is 0.875. The summed E-state index contributed by atoms with van der Waals surface area (Å²) in [5.74, 6) is 1.74. The van der Waals surface area contributed by atoms with Gasteiger partial charge < -0.3 is 9.84 Å². The van der Waals surface area contributed by atoms with E-state index in [-0.39, 0.29) is 18.0 Å². The van der Waals surface area contributed by atoms with Gasteiger partial charge in [-0.05, 0) is 17.9 Å². The molecule has 3 nitrogen and oxygen atoms in total. The number of methoxy groups -OCH3 is 1. The normalized spacial score (nSPS) is 29.8. The van der Waals surface area contributed by atoms with Gasteiger partial charge in [-0.3, -0.25) is 4.79 Å². The highest BCUT2D eigenvalue weighted by atomic mass is 32.2. The third-order valence-corrected chi connectivity index (χ3v) is 3.28. The van der Waals surface area contributed by atoms with Crippen LogP contribution in [0.2, 0.25) is 0 Å². The van der Waals surface area contributed by atoms with Crippen molar-refractivity contribution >= 4 is 17.7 Å². The molecule has 1 aliphatic heterocycles. The van der Waals surface area contributed by atoms with Crippen molar-refractivity contribution in [3.63, 3.8) is 0 Å². The van der Waals surface area contributed by atoms with E-state index < -0.39 is 0 Å². The van der Waals surface area contributed by atoms with E-state index in [0.717, 1.165) is 17.9 Å². The molecule has 1 rings (SSSR count). The van der Waals surface area contributed by atoms with Gasteiger partial charge in [0.15, 0.2) is 0 Å². The zero-order valence-corrected chi connectivity index (χ0v) is 7.97. The molecule has 0 amide bonds. The summed E-state index contributed by atoms with van der Waals surface area (Å²) in [7, 11) is 1.38. The van der Waals surface area contributed by atoms with Crippen LogP contribution in [0.3, 0.4) is 0 Å². The molecule has 12 heavy (non-hydrogen) atoms. The van der Waals surface area contributed by atoms with Gasteiger partial charge in [-0.1, -0.05) is 0 Å². The van der Waals surface area contributed by atoms with Gasteiger partial charge in [-0.25, -0.2) is 0 Å². The second kappa shape index (κ2) is 4.72. The summed E-state index contributed by atoms with van der Waals surface area (Å²) in [4.78, 5) is 10.9. The second-order valence-corrected chi connectivity index (χ2v) is 4.12. The topological polar surface area (TPSA) is 46.5 Å². The van der Waals surface area contributed by atoms with E-state index >= 15 is 0 Å². The summed E-state index contributed by atoms with van der Waals surface area (Å²) >= 11 is 1.79. The highest BCUT2D eigenvalue weighted by Crippen LogP contribution is 2.25. The summed E-state index contributed by atoms with van der Waals surface area (Å²) in [6.07, 6.45) is 0.835. The lowest BCUT2D eigenvalue weighted by Gasteiger charge is -2.25. The Kier molecular flexibility index (Phi) is 3.88. The number of aliphatic hydroxyl groups is 1. The number of hydrogen-bond acceptors (Lipinski definition) is 4. The molecule has 0 aliphatic carbocycles. The summed E-state index contributed by atoms with van der Waals surface area (Å²) in [5.41, 5.74) is 0. The van der Waals surface area contributed by atoms with E-state index in [2.05, 4.69) is 4.74 Å². The molecule has 4 heteroatoms. The van der Waals surface area contributed by atoms with Crippen LogP contribution < -0.4 is 0 Å². The number of thioether (sulfide) groups is 1. The van der Waals surface area contributed by atoms with Crippen molar-refractivity contribution < 1.29 is 14.6 Å². The van der Waals surface area contributed by atoms with E-state index in [4.69, 9.17) is 0 Å². The Hall–Kier alpha value is -0.220. The average molecular weight is 190 g/mol. The zero-order valence-electron chi connectivity index (χ0n) is 7.16. The Morgan fingerprint density at radius 2 is 2.50 bits per heavy atom. The van der Waals surface area contributed by atoms with Gasteiger partial charge in [0.05, 0.1) is 19.6 Å². The Balaban J connectivity index is 2.33. The Morgan fingerprint density at radius 1 is 1.75 bits per heavy atom. The zero-order chi connectivity index (χ0) is 8.97. The first-order valence-electron chi connectivity index (χ1n) is 4.06. The molecule has 1 heterocycles. The van der Waals surface area contributed by atoms with Crippen molar-refractivity contribution in [1.29, 1.82) is 0 Å². The fourth-order valence-corrected chi connectivity index (χ4v) is 2.50. The molecule has 2 atom stereocenters. The summed E-state index contributed by atoms with van der Waals surface area (Å²) in [6, 6.07) is 0. The highest BCUT2D eigenvalue weighted by Gasteiger charge is 2.25. The first kappa shape index (κ1) is 9.86. The fourth-order valence-electron chi connectivity index (χ4n) is 1.28. The van der Waals surface area contributed by atoms with Crippen LogP contribution in [0, 0.1) is 5.92 Å². The van der Waals surface area contributed by atoms with Gasteiger partial charge in [0.25, 0.3) is 0 Å². The maximum atomic E-state index is 10.9. The van der Waals surface area contributed by atoms with Crippen molar-refractivity contribution in [3.8, 4) is 0 Å². The van der Waals surface area contributed by atoms with Crippen LogP contribution in [-0.4, -0.2) is 35.8 Å². The number of carbonyl (C=O) groups is 1. The largest absolute Gasteiger partial charge is 0.469 e. The first-order chi connectivity index (χ1) is 5.74. The van der Waals surface area contributed by atoms with Crippen molar-refractivity contribution in [2.75, 3.05) is 18.6 Å². The minimum Gasteiger partial charge on any atom is -0.469 e. The maximum absolute atomic E-state index is 10.9. The van der Waals surface area contributed by atoms with Crippen molar-refractivity contribution in [2.24, 2.45) is 5.92 Å². The van der Waals surface area contributed by atoms with Crippen LogP contribution in [0.25, 0.3) is 0 Å². The average Bonchev–Trinajstić information content (AvgIpc) is 2.09. The highest BCUT2D eigenvalue weighted by molar-refractivity contribution is 7.99. The lowest BCUT2D eigenvalue weighted by Crippen LogP contribution is -2.29. The molecule has 0 spiro atoms. The molecule has 1 aliphatic rings. The van der Waals surface area contributed by atoms with Crippen molar-refractivity contribution in [1.82, 2.24) is 0 Å². The number of hydrogen-bond donors (Lipinski definition) is 1. The Bertz CT molecular complexity index is 160. The van der Waals surface area contributed by atoms with E-state index in [0.29, 0.717) is 6.42 Å². The Labute approximate surface area is 76.5 Å². The SMILES string of the molecule is COC(=O)C[C@H]1CSCC[C@H]1O. The lowest BCUT2D eigenvalue weighted by molar-refractivity contribution is -0.142. The number of esters is 1. The maximum Gasteiger partial charge on any atom is 0.305 e. The van der Waals surface area contributed by atoms with Gasteiger partial charge >= 0.3 is 5.97 Å². The number of ether oxygens (including phenoxy) is 1. The molecular weight excluding hydrogens is 176 g/mol. The van der Waals surface area contributed by atoms with E-state index in [1.54, 1.807) is 11.8 Å². The van der Waals surface area contributed by atoms with Gasteiger partial charge in [-0.15, -0.1) is 0 Å². The standard InChI is InChI=1S/C8H14O3S/c1-11-8(10)4-6-5-12-3-2-7(6)9/h6-7,9H,2-5H2,1H3/t6-,7+/m0/s1. The summed E-state index contributed by atoms with van der Waals surface area (Å²) in [6.45, 7) is 0. The molecule has 0 aromatic heterocycles. The van der Waals surface area contributed by atoms with Gasteiger partial charge in [0.1, 0.15) is 0 Å². The molecule has 1 N–H and O–H groups in total. The lowest BCUT2D eigenvalue weighted by atomic mass is 9.98. The third kappa shape index (κ3) is 2.68. The number of aliphatic hydroxyl groups excluding tert-OH is 1. The molecule has 0 unspecified atom stereocenters. The Morgan fingerprint density at radius 3 is 3.08 bits per heavy atom. The molecule has 0 aromatic rings. The van der Waals surface area contributed by atoms with E-state index in [1.807, 2.05) is 0 Å².